The Morgan fingerprint density at radius 2 is 0.667 bits per heavy atom. The highest BCUT2D eigenvalue weighted by molar-refractivity contribution is 4.60. The minimum absolute atomic E-state index is 1.04. The van der Waals surface area contributed by atoms with E-state index in [0.717, 1.165) is 5.92 Å². The second kappa shape index (κ2) is 21.0. The van der Waals surface area contributed by atoms with Gasteiger partial charge in [-0.3, -0.25) is 0 Å². The van der Waals surface area contributed by atoms with Gasteiger partial charge in [0.1, 0.15) is 0 Å². The Balaban J connectivity index is 3.42. The Labute approximate surface area is 155 Å². The minimum Gasteiger partial charge on any atom is -0.0654 e. The van der Waals surface area contributed by atoms with E-state index in [4.69, 9.17) is 0 Å². The molecule has 0 aromatic rings. The van der Waals surface area contributed by atoms with Crippen LogP contribution in [-0.4, -0.2) is 0 Å². The van der Waals surface area contributed by atoms with Crippen LogP contribution < -0.4 is 0 Å². The van der Waals surface area contributed by atoms with E-state index in [1.807, 2.05) is 0 Å². The first-order valence-corrected chi connectivity index (χ1v) is 11.8. The van der Waals surface area contributed by atoms with Crippen LogP contribution in [0.15, 0.2) is 0 Å². The molecule has 0 aliphatic carbocycles. The van der Waals surface area contributed by atoms with E-state index in [9.17, 15) is 0 Å². The summed E-state index contributed by atoms with van der Waals surface area (Å²) in [7, 11) is 0. The van der Waals surface area contributed by atoms with E-state index >= 15 is 0 Å². The van der Waals surface area contributed by atoms with Gasteiger partial charge in [-0.1, -0.05) is 149 Å². The largest absolute Gasteiger partial charge is 0.0654 e. The third kappa shape index (κ3) is 18.3. The fourth-order valence-electron chi connectivity index (χ4n) is 3.98. The number of hydrogen-bond donors (Lipinski definition) is 0. The van der Waals surface area contributed by atoms with Gasteiger partial charge in [0.25, 0.3) is 0 Å². The van der Waals surface area contributed by atoms with Crippen molar-refractivity contribution in [1.82, 2.24) is 0 Å². The van der Waals surface area contributed by atoms with Crippen LogP contribution in [0.1, 0.15) is 149 Å². The lowest BCUT2D eigenvalue weighted by Gasteiger charge is -2.16. The topological polar surface area (TPSA) is 0 Å². The number of rotatable bonds is 20. The molecule has 0 aromatic heterocycles. The third-order valence-corrected chi connectivity index (χ3v) is 5.63. The Morgan fingerprint density at radius 1 is 0.333 bits per heavy atom. The Kier molecular flexibility index (Phi) is 21.0. The van der Waals surface area contributed by atoms with Crippen LogP contribution in [0.25, 0.3) is 0 Å². The molecular weight excluding hydrogens is 288 g/mol. The molecule has 146 valence electrons. The lowest BCUT2D eigenvalue weighted by molar-refractivity contribution is 0.377. The van der Waals surface area contributed by atoms with Crippen LogP contribution in [0.2, 0.25) is 0 Å². The molecule has 0 saturated carbocycles. The summed E-state index contributed by atoms with van der Waals surface area (Å²) in [6, 6.07) is 0. The molecular formula is C24H50. The van der Waals surface area contributed by atoms with Gasteiger partial charge in [-0.25, -0.2) is 0 Å². The minimum atomic E-state index is 1.04. The van der Waals surface area contributed by atoms with E-state index in [2.05, 4.69) is 20.8 Å². The zero-order chi connectivity index (χ0) is 17.7. The van der Waals surface area contributed by atoms with Gasteiger partial charge >= 0.3 is 0 Å². The van der Waals surface area contributed by atoms with E-state index in [0.29, 0.717) is 0 Å². The van der Waals surface area contributed by atoms with Crippen molar-refractivity contribution in [2.45, 2.75) is 149 Å². The molecule has 0 N–H and O–H groups in total. The Hall–Kier alpha value is 0. The highest BCUT2D eigenvalue weighted by atomic mass is 14.1. The summed E-state index contributed by atoms with van der Waals surface area (Å²) in [5, 5.41) is 0. The van der Waals surface area contributed by atoms with E-state index in [1.165, 1.54) is 128 Å². The predicted octanol–water partition coefficient (Wildman–Crippen LogP) is 9.46. The fraction of sp³-hybridized carbons (Fsp3) is 1.00. The highest BCUT2D eigenvalue weighted by Gasteiger charge is 2.07. The van der Waals surface area contributed by atoms with E-state index < -0.39 is 0 Å². The van der Waals surface area contributed by atoms with Crippen LogP contribution in [0, 0.1) is 5.92 Å². The molecule has 1 unspecified atom stereocenters. The molecule has 0 rings (SSSR count). The summed E-state index contributed by atoms with van der Waals surface area (Å²) in [5.74, 6) is 1.04. The number of unbranched alkanes of at least 4 members (excludes halogenated alkanes) is 14. The summed E-state index contributed by atoms with van der Waals surface area (Å²) in [5.41, 5.74) is 0. The normalized spacial score (nSPS) is 12.6. The van der Waals surface area contributed by atoms with Gasteiger partial charge in [0, 0.05) is 0 Å². The van der Waals surface area contributed by atoms with E-state index in [-0.39, 0.29) is 0 Å². The van der Waals surface area contributed by atoms with Crippen LogP contribution in [-0.2, 0) is 0 Å². The van der Waals surface area contributed by atoms with Crippen molar-refractivity contribution in [1.29, 1.82) is 0 Å². The zero-order valence-electron chi connectivity index (χ0n) is 17.7. The molecule has 24 heavy (non-hydrogen) atoms. The molecule has 0 amide bonds. The standard InChI is InChI=1S/C24H50/c1-4-7-9-11-13-14-16-18-20-23-24(21-6-3)22-19-17-15-12-10-8-5-2/h24H,4-23H2,1-3H3. The molecule has 0 bridgehead atoms. The first-order valence-electron chi connectivity index (χ1n) is 11.8. The second-order valence-corrected chi connectivity index (χ2v) is 8.18. The van der Waals surface area contributed by atoms with Crippen LogP contribution >= 0.6 is 0 Å². The monoisotopic (exact) mass is 338 g/mol. The smallest absolute Gasteiger partial charge is 0.0414 e. The molecule has 0 aromatic carbocycles. The van der Waals surface area contributed by atoms with Gasteiger partial charge in [0.15, 0.2) is 0 Å². The second-order valence-electron chi connectivity index (χ2n) is 8.18. The van der Waals surface area contributed by atoms with E-state index in [1.54, 1.807) is 0 Å². The highest BCUT2D eigenvalue weighted by Crippen LogP contribution is 2.23. The lowest BCUT2D eigenvalue weighted by atomic mass is 9.90. The zero-order valence-corrected chi connectivity index (χ0v) is 17.7. The molecule has 0 heterocycles. The maximum atomic E-state index is 2.37. The van der Waals surface area contributed by atoms with Gasteiger partial charge < -0.3 is 0 Å². The summed E-state index contributed by atoms with van der Waals surface area (Å²) in [4.78, 5) is 0. The molecule has 0 radical (unpaired) electrons. The van der Waals surface area contributed by atoms with Gasteiger partial charge in [-0.15, -0.1) is 0 Å². The van der Waals surface area contributed by atoms with Gasteiger partial charge in [-0.05, 0) is 5.92 Å². The van der Waals surface area contributed by atoms with Crippen molar-refractivity contribution in [3.8, 4) is 0 Å². The van der Waals surface area contributed by atoms with Crippen LogP contribution in [0.3, 0.4) is 0 Å². The molecule has 0 fully saturated rings. The van der Waals surface area contributed by atoms with Crippen LogP contribution in [0.4, 0.5) is 0 Å². The molecule has 0 nitrogen and oxygen atoms in total. The molecule has 0 heteroatoms. The summed E-state index contributed by atoms with van der Waals surface area (Å²) in [6.07, 6.45) is 29.3. The average Bonchev–Trinajstić information content (AvgIpc) is 2.59. The van der Waals surface area contributed by atoms with Crippen molar-refractivity contribution >= 4 is 0 Å². The first kappa shape index (κ1) is 24.0. The van der Waals surface area contributed by atoms with Crippen molar-refractivity contribution in [2.24, 2.45) is 5.92 Å². The maximum Gasteiger partial charge on any atom is -0.0414 e. The molecule has 0 saturated heterocycles. The quantitative estimate of drug-likeness (QED) is 0.194. The third-order valence-electron chi connectivity index (χ3n) is 5.63. The summed E-state index contributed by atoms with van der Waals surface area (Å²) < 4.78 is 0. The van der Waals surface area contributed by atoms with Crippen molar-refractivity contribution < 1.29 is 0 Å². The molecule has 0 spiro atoms. The SMILES string of the molecule is CCCCCCCCCCCC(CCC)CCCCCCCCC. The number of hydrogen-bond acceptors (Lipinski definition) is 0. The average molecular weight is 339 g/mol. The summed E-state index contributed by atoms with van der Waals surface area (Å²) in [6.45, 7) is 6.98. The lowest BCUT2D eigenvalue weighted by Crippen LogP contribution is -2.00. The fourth-order valence-corrected chi connectivity index (χ4v) is 3.98. The maximum absolute atomic E-state index is 2.37. The van der Waals surface area contributed by atoms with Gasteiger partial charge in [0.2, 0.25) is 0 Å². The Morgan fingerprint density at radius 3 is 1.00 bits per heavy atom. The predicted molar refractivity (Wildman–Crippen MR) is 113 cm³/mol. The molecule has 1 atom stereocenters. The molecule has 0 aliphatic rings. The van der Waals surface area contributed by atoms with Gasteiger partial charge in [-0.2, -0.15) is 0 Å². The first-order chi connectivity index (χ1) is 11.8. The van der Waals surface area contributed by atoms with Crippen molar-refractivity contribution in [3.05, 3.63) is 0 Å². The van der Waals surface area contributed by atoms with Crippen molar-refractivity contribution in [2.75, 3.05) is 0 Å². The Bertz CT molecular complexity index is 208. The van der Waals surface area contributed by atoms with Crippen LogP contribution in [0.5, 0.6) is 0 Å². The van der Waals surface area contributed by atoms with Gasteiger partial charge in [0.05, 0.1) is 0 Å². The molecule has 0 aliphatic heterocycles. The van der Waals surface area contributed by atoms with Crippen molar-refractivity contribution in [3.63, 3.8) is 0 Å². The summed E-state index contributed by atoms with van der Waals surface area (Å²) >= 11 is 0.